The first-order valence-electron chi connectivity index (χ1n) is 10.1. The third kappa shape index (κ3) is 4.11. The van der Waals surface area contributed by atoms with E-state index < -0.39 is 17.2 Å². The fourth-order valence-corrected chi connectivity index (χ4v) is 3.42. The van der Waals surface area contributed by atoms with Crippen LogP contribution in [0.5, 0.6) is 0 Å². The number of hydrogen-bond donors (Lipinski definition) is 2. The number of carbonyl (C=O) groups excluding carboxylic acids is 2. The van der Waals surface area contributed by atoms with Crippen LogP contribution in [0.25, 0.3) is 11.0 Å². The van der Waals surface area contributed by atoms with E-state index >= 15 is 0 Å². The number of carbonyl (C=O) groups is 2. The Morgan fingerprint density at radius 1 is 0.969 bits per heavy atom. The Kier molecular flexibility index (Phi) is 5.76. The predicted molar refractivity (Wildman–Crippen MR) is 121 cm³/mol. The second-order valence-corrected chi connectivity index (χ2v) is 7.24. The maximum absolute atomic E-state index is 12.8. The van der Waals surface area contributed by atoms with E-state index in [0.29, 0.717) is 29.8 Å². The number of anilines is 1. The average Bonchev–Trinajstić information content (AvgIpc) is 2.81. The van der Waals surface area contributed by atoms with Gasteiger partial charge in [0.05, 0.1) is 10.9 Å². The maximum Gasteiger partial charge on any atom is 0.329 e. The molecule has 0 spiro atoms. The maximum atomic E-state index is 12.8. The summed E-state index contributed by atoms with van der Waals surface area (Å²) in [5, 5.41) is 2.88. The van der Waals surface area contributed by atoms with Gasteiger partial charge in [-0.2, -0.15) is 0 Å². The van der Waals surface area contributed by atoms with Crippen molar-refractivity contribution in [2.75, 3.05) is 5.32 Å². The molecule has 0 atom stereocenters. The average molecular weight is 428 g/mol. The molecule has 0 aliphatic carbocycles. The highest BCUT2D eigenvalue weighted by atomic mass is 16.2. The Morgan fingerprint density at radius 3 is 2.47 bits per heavy atom. The monoisotopic (exact) mass is 428 g/mol. The number of benzene rings is 2. The summed E-state index contributed by atoms with van der Waals surface area (Å²) in [6, 6.07) is 16.9. The van der Waals surface area contributed by atoms with E-state index in [1.165, 1.54) is 16.8 Å². The van der Waals surface area contributed by atoms with Gasteiger partial charge in [0, 0.05) is 29.6 Å². The molecule has 160 valence electrons. The number of nitrogens with zero attached hydrogens (tertiary/aromatic N) is 2. The molecular formula is C24H20N4O4. The summed E-state index contributed by atoms with van der Waals surface area (Å²) in [6.07, 6.45) is 2.00. The summed E-state index contributed by atoms with van der Waals surface area (Å²) in [5.74, 6) is -0.647. The van der Waals surface area contributed by atoms with Crippen molar-refractivity contribution in [3.63, 3.8) is 0 Å². The van der Waals surface area contributed by atoms with Crippen LogP contribution in [0.3, 0.4) is 0 Å². The van der Waals surface area contributed by atoms with Crippen molar-refractivity contribution in [1.82, 2.24) is 14.5 Å². The fourth-order valence-electron chi connectivity index (χ4n) is 3.42. The molecule has 0 radical (unpaired) electrons. The summed E-state index contributed by atoms with van der Waals surface area (Å²) in [4.78, 5) is 56.2. The number of amides is 1. The molecule has 2 heterocycles. The third-order valence-electron chi connectivity index (χ3n) is 4.96. The van der Waals surface area contributed by atoms with Crippen LogP contribution < -0.4 is 16.6 Å². The van der Waals surface area contributed by atoms with Crippen LogP contribution in [0.4, 0.5) is 5.69 Å². The first-order chi connectivity index (χ1) is 15.5. The van der Waals surface area contributed by atoms with Crippen molar-refractivity contribution < 1.29 is 9.59 Å². The zero-order valence-corrected chi connectivity index (χ0v) is 17.3. The molecular weight excluding hydrogens is 408 g/mol. The van der Waals surface area contributed by atoms with Gasteiger partial charge in [-0.25, -0.2) is 9.78 Å². The Hall–Kier alpha value is -4.33. The smallest absolute Gasteiger partial charge is 0.322 e. The number of aryl methyl sites for hydroxylation is 1. The lowest BCUT2D eigenvalue weighted by molar-refractivity contribution is 0.102. The van der Waals surface area contributed by atoms with Crippen LogP contribution in [0.2, 0.25) is 0 Å². The summed E-state index contributed by atoms with van der Waals surface area (Å²) in [6.45, 7) is 2.30. The van der Waals surface area contributed by atoms with Crippen LogP contribution in [-0.4, -0.2) is 26.2 Å². The molecule has 4 aromatic rings. The molecule has 2 N–H and O–H groups in total. The first-order valence-corrected chi connectivity index (χ1v) is 10.1. The van der Waals surface area contributed by atoms with Gasteiger partial charge in [0.25, 0.3) is 11.5 Å². The zero-order valence-electron chi connectivity index (χ0n) is 17.3. The minimum Gasteiger partial charge on any atom is -0.322 e. The van der Waals surface area contributed by atoms with E-state index in [-0.39, 0.29) is 22.4 Å². The second-order valence-electron chi connectivity index (χ2n) is 7.24. The number of rotatable bonds is 6. The Labute approximate surface area is 182 Å². The zero-order chi connectivity index (χ0) is 22.7. The summed E-state index contributed by atoms with van der Waals surface area (Å²) in [5.41, 5.74) is 0.667. The normalized spacial score (nSPS) is 10.8. The molecule has 0 aliphatic rings. The topological polar surface area (TPSA) is 114 Å². The van der Waals surface area contributed by atoms with Crippen LogP contribution in [0.1, 0.15) is 39.6 Å². The lowest BCUT2D eigenvalue weighted by Crippen LogP contribution is -2.31. The highest BCUT2D eigenvalue weighted by Gasteiger charge is 2.14. The van der Waals surface area contributed by atoms with Gasteiger partial charge >= 0.3 is 5.69 Å². The molecule has 8 nitrogen and oxygen atoms in total. The van der Waals surface area contributed by atoms with Gasteiger partial charge < -0.3 is 5.32 Å². The molecule has 0 unspecified atom stereocenters. The van der Waals surface area contributed by atoms with Crippen molar-refractivity contribution in [2.45, 2.75) is 19.9 Å². The van der Waals surface area contributed by atoms with Gasteiger partial charge in [-0.05, 0) is 24.6 Å². The minimum absolute atomic E-state index is 0.152. The molecule has 4 rings (SSSR count). The lowest BCUT2D eigenvalue weighted by Gasteiger charge is -2.10. The number of hydrogen-bond acceptors (Lipinski definition) is 5. The van der Waals surface area contributed by atoms with E-state index in [2.05, 4.69) is 15.3 Å². The summed E-state index contributed by atoms with van der Waals surface area (Å²) in [7, 11) is 0. The molecule has 0 fully saturated rings. The van der Waals surface area contributed by atoms with E-state index in [1.807, 2.05) is 13.0 Å². The van der Waals surface area contributed by atoms with E-state index in [1.54, 1.807) is 48.5 Å². The largest absolute Gasteiger partial charge is 0.329 e. The van der Waals surface area contributed by atoms with E-state index in [4.69, 9.17) is 0 Å². The molecule has 8 heteroatoms. The number of H-pyrrole nitrogens is 1. The molecule has 0 bridgehead atoms. The van der Waals surface area contributed by atoms with Crippen LogP contribution >= 0.6 is 0 Å². The van der Waals surface area contributed by atoms with Crippen LogP contribution in [-0.2, 0) is 6.54 Å². The number of pyridine rings is 1. The standard InChI is InChI=1S/C24H20N4O4/c1-2-11-28-21-19(23(31)27-24(28)32)13-17(14-25-21)22(30)26-18-10-6-9-16(12-18)20(29)15-7-4-3-5-8-15/h3-10,12-14H,2,11H2,1H3,(H,26,30)(H,27,31,32). The van der Waals surface area contributed by atoms with Gasteiger partial charge in [0.2, 0.25) is 0 Å². The number of aromatic nitrogens is 3. The van der Waals surface area contributed by atoms with Crippen molar-refractivity contribution in [2.24, 2.45) is 0 Å². The van der Waals surface area contributed by atoms with Crippen molar-refractivity contribution in [1.29, 1.82) is 0 Å². The second kappa shape index (κ2) is 8.81. The van der Waals surface area contributed by atoms with Gasteiger partial charge in [-0.1, -0.05) is 49.4 Å². The molecule has 0 saturated heterocycles. The molecule has 32 heavy (non-hydrogen) atoms. The molecule has 2 aromatic carbocycles. The quantitative estimate of drug-likeness (QED) is 0.458. The Morgan fingerprint density at radius 2 is 1.72 bits per heavy atom. The van der Waals surface area contributed by atoms with E-state index in [9.17, 15) is 19.2 Å². The number of ketones is 1. The van der Waals surface area contributed by atoms with Crippen LogP contribution in [0.15, 0.2) is 76.4 Å². The van der Waals surface area contributed by atoms with Gasteiger partial charge in [-0.3, -0.25) is 23.9 Å². The van der Waals surface area contributed by atoms with Crippen molar-refractivity contribution in [3.05, 3.63) is 104 Å². The number of fused-ring (bicyclic) bond motifs is 1. The lowest BCUT2D eigenvalue weighted by atomic mass is 10.0. The Bertz CT molecular complexity index is 1440. The molecule has 0 saturated carbocycles. The summed E-state index contributed by atoms with van der Waals surface area (Å²) < 4.78 is 1.37. The fraction of sp³-hybridized carbons (Fsp3) is 0.125. The van der Waals surface area contributed by atoms with Crippen molar-refractivity contribution >= 4 is 28.4 Å². The minimum atomic E-state index is -0.602. The van der Waals surface area contributed by atoms with Crippen LogP contribution in [0, 0.1) is 0 Å². The SMILES string of the molecule is CCCn1c(=O)[nH]c(=O)c2cc(C(=O)Nc3cccc(C(=O)c4ccccc4)c3)cnc21. The Balaban J connectivity index is 1.63. The van der Waals surface area contributed by atoms with Crippen molar-refractivity contribution in [3.8, 4) is 0 Å². The molecule has 0 aliphatic heterocycles. The van der Waals surface area contributed by atoms with Gasteiger partial charge in [0.1, 0.15) is 5.65 Å². The number of nitrogens with one attached hydrogen (secondary N) is 2. The van der Waals surface area contributed by atoms with Gasteiger partial charge in [-0.15, -0.1) is 0 Å². The highest BCUT2D eigenvalue weighted by Crippen LogP contribution is 2.17. The van der Waals surface area contributed by atoms with Gasteiger partial charge in [0.15, 0.2) is 5.78 Å². The third-order valence-corrected chi connectivity index (χ3v) is 4.96. The number of aromatic amines is 1. The summed E-state index contributed by atoms with van der Waals surface area (Å²) >= 11 is 0. The molecule has 1 amide bonds. The molecule has 2 aromatic heterocycles. The predicted octanol–water partition coefficient (Wildman–Crippen LogP) is 2.98. The highest BCUT2D eigenvalue weighted by molar-refractivity contribution is 6.10. The first kappa shape index (κ1) is 20.9. The van der Waals surface area contributed by atoms with E-state index in [0.717, 1.165) is 0 Å².